The molecule has 5 heteroatoms. The number of carbonyl (C=O) groups excluding carboxylic acids is 2. The summed E-state index contributed by atoms with van der Waals surface area (Å²) in [5, 5.41) is 0. The molecule has 0 N–H and O–H groups in total. The van der Waals surface area contributed by atoms with Gasteiger partial charge in [-0.05, 0) is 86.7 Å². The summed E-state index contributed by atoms with van der Waals surface area (Å²) in [6, 6.07) is 0. The first-order valence-corrected chi connectivity index (χ1v) is 9.99. The number of esters is 2. The van der Waals surface area contributed by atoms with E-state index in [4.69, 9.17) is 9.47 Å². The predicted octanol–water partition coefficient (Wildman–Crippen LogP) is 4.19. The van der Waals surface area contributed by atoms with Gasteiger partial charge in [0.1, 0.15) is 12.2 Å². The second kappa shape index (κ2) is 9.20. The molecule has 1 unspecified atom stereocenters. The smallest absolute Gasteiger partial charge is 0.312 e. The molecule has 0 saturated heterocycles. The highest BCUT2D eigenvalue weighted by molar-refractivity contribution is 5.78. The van der Waals surface area contributed by atoms with Gasteiger partial charge in [-0.1, -0.05) is 6.92 Å². The zero-order valence-corrected chi connectivity index (χ0v) is 17.9. The van der Waals surface area contributed by atoms with Crippen LogP contribution in [-0.2, 0) is 19.1 Å². The van der Waals surface area contributed by atoms with Crippen LogP contribution in [0.3, 0.4) is 0 Å². The van der Waals surface area contributed by atoms with Crippen molar-refractivity contribution in [1.82, 2.24) is 4.90 Å². The van der Waals surface area contributed by atoms with Crippen molar-refractivity contribution in [2.45, 2.75) is 85.2 Å². The van der Waals surface area contributed by atoms with Crippen molar-refractivity contribution in [2.24, 2.45) is 10.8 Å². The number of ether oxygens (including phenoxy) is 2. The lowest BCUT2D eigenvalue weighted by molar-refractivity contribution is -0.170. The molecular formula is C21H39NO4. The minimum atomic E-state index is -0.605. The third kappa shape index (κ3) is 6.57. The number of hydrogen-bond donors (Lipinski definition) is 0. The summed E-state index contributed by atoms with van der Waals surface area (Å²) in [5.41, 5.74) is -1.49. The largest absolute Gasteiger partial charge is 0.464 e. The van der Waals surface area contributed by atoms with E-state index in [0.29, 0.717) is 32.4 Å². The normalized spacial score (nSPS) is 19.2. The second-order valence-corrected chi connectivity index (χ2v) is 9.28. The zero-order valence-electron chi connectivity index (χ0n) is 17.9. The van der Waals surface area contributed by atoms with Gasteiger partial charge in [-0.25, -0.2) is 0 Å². The van der Waals surface area contributed by atoms with Crippen LogP contribution in [0.1, 0.15) is 79.6 Å². The van der Waals surface area contributed by atoms with Crippen molar-refractivity contribution in [3.05, 3.63) is 0 Å². The van der Waals surface area contributed by atoms with E-state index < -0.39 is 10.8 Å². The Labute approximate surface area is 159 Å². The molecule has 0 heterocycles. The van der Waals surface area contributed by atoms with Crippen LogP contribution < -0.4 is 0 Å². The number of carbonyl (C=O) groups is 2. The summed E-state index contributed by atoms with van der Waals surface area (Å²) in [4.78, 5) is 27.2. The van der Waals surface area contributed by atoms with E-state index in [1.54, 1.807) is 0 Å². The van der Waals surface area contributed by atoms with Crippen molar-refractivity contribution in [1.29, 1.82) is 0 Å². The molecule has 0 spiro atoms. The first kappa shape index (κ1) is 22.9. The summed E-state index contributed by atoms with van der Waals surface area (Å²) in [6.07, 6.45) is 6.04. The fourth-order valence-corrected chi connectivity index (χ4v) is 3.20. The van der Waals surface area contributed by atoms with E-state index in [-0.39, 0.29) is 17.5 Å². The fraction of sp³-hybridized carbons (Fsp3) is 0.905. The van der Waals surface area contributed by atoms with Gasteiger partial charge < -0.3 is 14.4 Å². The molecule has 0 aliphatic heterocycles. The van der Waals surface area contributed by atoms with Crippen LogP contribution in [0.2, 0.25) is 0 Å². The predicted molar refractivity (Wildman–Crippen MR) is 104 cm³/mol. The van der Waals surface area contributed by atoms with E-state index in [1.165, 1.54) is 0 Å². The van der Waals surface area contributed by atoms with E-state index >= 15 is 0 Å². The molecule has 1 rings (SSSR count). The van der Waals surface area contributed by atoms with Gasteiger partial charge in [0, 0.05) is 6.54 Å². The van der Waals surface area contributed by atoms with Crippen molar-refractivity contribution in [2.75, 3.05) is 27.2 Å². The standard InChI is InChI=1S/C21H39NO4/c1-8-20(4,18(24)25-16-15-22(6)7)14-13-19(2,3)17(23)26-21(5)11-9-10-12-21/h8-16H2,1-7H3. The number of hydrogen-bond acceptors (Lipinski definition) is 5. The number of nitrogens with zero attached hydrogens (tertiary/aromatic N) is 1. The molecule has 1 aliphatic carbocycles. The third-order valence-corrected chi connectivity index (χ3v) is 5.90. The minimum Gasteiger partial charge on any atom is -0.464 e. The molecular weight excluding hydrogens is 330 g/mol. The van der Waals surface area contributed by atoms with E-state index in [9.17, 15) is 9.59 Å². The quantitative estimate of drug-likeness (QED) is 0.541. The molecule has 5 nitrogen and oxygen atoms in total. The summed E-state index contributed by atoms with van der Waals surface area (Å²) in [6.45, 7) is 10.9. The Hall–Kier alpha value is -1.10. The summed E-state index contributed by atoms with van der Waals surface area (Å²) < 4.78 is 11.3. The Bertz CT molecular complexity index is 480. The van der Waals surface area contributed by atoms with Crippen molar-refractivity contribution in [3.8, 4) is 0 Å². The van der Waals surface area contributed by atoms with Gasteiger partial charge in [-0.2, -0.15) is 0 Å². The Morgan fingerprint density at radius 2 is 1.62 bits per heavy atom. The molecule has 0 aromatic carbocycles. The molecule has 1 saturated carbocycles. The average molecular weight is 370 g/mol. The van der Waals surface area contributed by atoms with Gasteiger partial charge in [0.15, 0.2) is 0 Å². The van der Waals surface area contributed by atoms with Crippen LogP contribution in [0.4, 0.5) is 0 Å². The van der Waals surface area contributed by atoms with E-state index in [2.05, 4.69) is 0 Å². The Kier molecular flexibility index (Phi) is 8.12. The fourth-order valence-electron chi connectivity index (χ4n) is 3.20. The molecule has 152 valence electrons. The summed E-state index contributed by atoms with van der Waals surface area (Å²) in [7, 11) is 3.90. The molecule has 1 fully saturated rings. The Balaban J connectivity index is 2.60. The molecule has 0 radical (unpaired) electrons. The molecule has 1 aliphatic rings. The van der Waals surface area contributed by atoms with E-state index in [0.717, 1.165) is 25.7 Å². The lowest BCUT2D eigenvalue weighted by atomic mass is 9.76. The van der Waals surface area contributed by atoms with Gasteiger partial charge in [0.05, 0.1) is 10.8 Å². The molecule has 1 atom stereocenters. The summed E-state index contributed by atoms with van der Waals surface area (Å²) in [5.74, 6) is -0.324. The lowest BCUT2D eigenvalue weighted by Crippen LogP contribution is -2.38. The SMILES string of the molecule is CCC(C)(CCC(C)(C)C(=O)OC1(C)CCCC1)C(=O)OCCN(C)C. The lowest BCUT2D eigenvalue weighted by Gasteiger charge is -2.33. The maximum Gasteiger partial charge on any atom is 0.312 e. The Morgan fingerprint density at radius 1 is 1.04 bits per heavy atom. The van der Waals surface area contributed by atoms with Crippen LogP contribution in [0.15, 0.2) is 0 Å². The zero-order chi connectivity index (χ0) is 20.0. The highest BCUT2D eigenvalue weighted by atomic mass is 16.6. The van der Waals surface area contributed by atoms with Crippen LogP contribution in [-0.4, -0.2) is 49.7 Å². The minimum absolute atomic E-state index is 0.152. The van der Waals surface area contributed by atoms with Gasteiger partial charge in [-0.3, -0.25) is 9.59 Å². The molecule has 0 amide bonds. The Morgan fingerprint density at radius 3 is 2.12 bits per heavy atom. The summed E-state index contributed by atoms with van der Waals surface area (Å²) >= 11 is 0. The molecule has 0 aromatic rings. The van der Waals surface area contributed by atoms with Crippen molar-refractivity contribution in [3.63, 3.8) is 0 Å². The molecule has 26 heavy (non-hydrogen) atoms. The number of rotatable bonds is 10. The third-order valence-electron chi connectivity index (χ3n) is 5.90. The molecule has 0 aromatic heterocycles. The van der Waals surface area contributed by atoms with Crippen LogP contribution in [0.25, 0.3) is 0 Å². The highest BCUT2D eigenvalue weighted by Gasteiger charge is 2.41. The highest BCUT2D eigenvalue weighted by Crippen LogP contribution is 2.38. The van der Waals surface area contributed by atoms with Gasteiger partial charge >= 0.3 is 11.9 Å². The monoisotopic (exact) mass is 369 g/mol. The maximum absolute atomic E-state index is 12.7. The van der Waals surface area contributed by atoms with Crippen molar-refractivity contribution >= 4 is 11.9 Å². The van der Waals surface area contributed by atoms with Crippen LogP contribution in [0, 0.1) is 10.8 Å². The van der Waals surface area contributed by atoms with Gasteiger partial charge in [0.25, 0.3) is 0 Å². The van der Waals surface area contributed by atoms with Crippen molar-refractivity contribution < 1.29 is 19.1 Å². The maximum atomic E-state index is 12.7. The first-order chi connectivity index (χ1) is 11.9. The van der Waals surface area contributed by atoms with Crippen LogP contribution >= 0.6 is 0 Å². The second-order valence-electron chi connectivity index (χ2n) is 9.28. The van der Waals surface area contributed by atoms with Gasteiger partial charge in [0.2, 0.25) is 0 Å². The molecule has 0 bridgehead atoms. The average Bonchev–Trinajstić information content (AvgIpc) is 2.98. The van der Waals surface area contributed by atoms with Gasteiger partial charge in [-0.15, -0.1) is 0 Å². The van der Waals surface area contributed by atoms with Crippen LogP contribution in [0.5, 0.6) is 0 Å². The topological polar surface area (TPSA) is 55.8 Å². The number of likely N-dealkylation sites (N-methyl/N-ethyl adjacent to an activating group) is 1. The first-order valence-electron chi connectivity index (χ1n) is 9.99. The van der Waals surface area contributed by atoms with E-state index in [1.807, 2.05) is 53.6 Å².